The summed E-state index contributed by atoms with van der Waals surface area (Å²) in [5.41, 5.74) is 0.589. The van der Waals surface area contributed by atoms with Gasteiger partial charge in [0.05, 0.1) is 22.5 Å². The summed E-state index contributed by atoms with van der Waals surface area (Å²) in [6, 6.07) is 7.08. The Kier molecular flexibility index (Phi) is 5.80. The molecule has 0 heterocycles. The Morgan fingerprint density at radius 2 is 1.91 bits per heavy atom. The fraction of sp³-hybridized carbons (Fsp3) is 0.500. The van der Waals surface area contributed by atoms with E-state index >= 15 is 0 Å². The molecule has 2 unspecified atom stereocenters. The molecule has 2 N–H and O–H groups in total. The van der Waals surface area contributed by atoms with E-state index < -0.39 is 0 Å². The Hall–Kier alpha value is -1.59. The van der Waals surface area contributed by atoms with Gasteiger partial charge in [-0.3, -0.25) is 9.59 Å². The molecule has 6 heteroatoms. The number of benzene rings is 1. The number of carbonyl (C=O) groups excluding carboxylic acids is 2. The lowest BCUT2D eigenvalue weighted by Crippen LogP contribution is -2.30. The van der Waals surface area contributed by atoms with Crippen molar-refractivity contribution in [2.24, 2.45) is 11.8 Å². The second-order valence-corrected chi connectivity index (χ2v) is 6.27. The number of nitrogens with zero attached hydrogens (tertiary/aromatic N) is 1. The molecule has 22 heavy (non-hydrogen) atoms. The van der Waals surface area contributed by atoms with E-state index in [0.717, 1.165) is 13.0 Å². The Bertz CT molecular complexity index is 548. The molecule has 1 aromatic rings. The van der Waals surface area contributed by atoms with Crippen molar-refractivity contribution in [3.63, 3.8) is 0 Å². The van der Waals surface area contributed by atoms with Gasteiger partial charge in [-0.25, -0.2) is 0 Å². The molecule has 0 radical (unpaired) electrons. The molecular weight excluding hydrogens is 302 g/mol. The highest BCUT2D eigenvalue weighted by Gasteiger charge is 2.47. The number of amides is 2. The van der Waals surface area contributed by atoms with Gasteiger partial charge in [-0.05, 0) is 45.6 Å². The lowest BCUT2D eigenvalue weighted by Gasteiger charge is -2.10. The van der Waals surface area contributed by atoms with E-state index in [-0.39, 0.29) is 23.7 Å². The zero-order chi connectivity index (χ0) is 16.1. The average molecular weight is 324 g/mol. The van der Waals surface area contributed by atoms with Crippen LogP contribution in [-0.4, -0.2) is 43.9 Å². The first-order valence-corrected chi connectivity index (χ1v) is 7.84. The summed E-state index contributed by atoms with van der Waals surface area (Å²) >= 11 is 6.00. The summed E-state index contributed by atoms with van der Waals surface area (Å²) in [7, 11) is 4.00. The molecule has 1 saturated carbocycles. The normalized spacial score (nSPS) is 19.8. The zero-order valence-electron chi connectivity index (χ0n) is 12.9. The second-order valence-electron chi connectivity index (χ2n) is 5.87. The molecule has 0 aromatic heterocycles. The maximum atomic E-state index is 12.1. The summed E-state index contributed by atoms with van der Waals surface area (Å²) in [5.74, 6) is -0.619. The van der Waals surface area contributed by atoms with Crippen LogP contribution < -0.4 is 10.6 Å². The van der Waals surface area contributed by atoms with Gasteiger partial charge in [-0.15, -0.1) is 0 Å². The molecule has 120 valence electrons. The highest BCUT2D eigenvalue weighted by Crippen LogP contribution is 2.39. The molecule has 1 fully saturated rings. The van der Waals surface area contributed by atoms with E-state index in [4.69, 9.17) is 11.6 Å². The molecule has 1 aromatic carbocycles. The first-order valence-electron chi connectivity index (χ1n) is 7.47. The largest absolute Gasteiger partial charge is 0.356 e. The number of carbonyl (C=O) groups is 2. The summed E-state index contributed by atoms with van der Waals surface area (Å²) in [6.45, 7) is 1.58. The minimum Gasteiger partial charge on any atom is -0.356 e. The molecule has 0 bridgehead atoms. The zero-order valence-corrected chi connectivity index (χ0v) is 13.7. The number of hydrogen-bond acceptors (Lipinski definition) is 3. The second kappa shape index (κ2) is 7.61. The van der Waals surface area contributed by atoms with Crippen LogP contribution in [0.3, 0.4) is 0 Å². The molecule has 5 nitrogen and oxygen atoms in total. The Balaban J connectivity index is 1.73. The molecule has 0 spiro atoms. The summed E-state index contributed by atoms with van der Waals surface area (Å²) in [6.07, 6.45) is 1.51. The van der Waals surface area contributed by atoms with Gasteiger partial charge in [0.2, 0.25) is 11.8 Å². The van der Waals surface area contributed by atoms with E-state index in [9.17, 15) is 9.59 Å². The van der Waals surface area contributed by atoms with Gasteiger partial charge in [0.15, 0.2) is 0 Å². The van der Waals surface area contributed by atoms with Crippen LogP contribution in [0.2, 0.25) is 5.02 Å². The lowest BCUT2D eigenvalue weighted by molar-refractivity contribution is -0.125. The fourth-order valence-corrected chi connectivity index (χ4v) is 2.48. The molecule has 2 rings (SSSR count). The standard InChI is InChI=1S/C16H22ClN3O2/c1-20(2)9-5-8-18-15(21)11-10-12(11)16(22)19-14-7-4-3-6-13(14)17/h3-4,6-7,11-12H,5,8-10H2,1-2H3,(H,18,21)(H,19,22). The van der Waals surface area contributed by atoms with Crippen molar-refractivity contribution < 1.29 is 9.59 Å². The highest BCUT2D eigenvalue weighted by atomic mass is 35.5. The Morgan fingerprint density at radius 1 is 1.23 bits per heavy atom. The molecular formula is C16H22ClN3O2. The maximum Gasteiger partial charge on any atom is 0.228 e. The van der Waals surface area contributed by atoms with Crippen molar-refractivity contribution in [1.29, 1.82) is 0 Å². The number of anilines is 1. The van der Waals surface area contributed by atoms with E-state index in [2.05, 4.69) is 15.5 Å². The number of rotatable bonds is 7. The lowest BCUT2D eigenvalue weighted by atomic mass is 10.2. The average Bonchev–Trinajstić information content (AvgIpc) is 3.26. The Labute approximate surface area is 136 Å². The third-order valence-corrected chi connectivity index (χ3v) is 4.01. The minimum absolute atomic E-state index is 0.0296. The molecule has 0 aliphatic heterocycles. The van der Waals surface area contributed by atoms with Crippen molar-refractivity contribution in [1.82, 2.24) is 10.2 Å². The number of halogens is 1. The van der Waals surface area contributed by atoms with E-state index in [1.165, 1.54) is 0 Å². The van der Waals surface area contributed by atoms with Crippen LogP contribution in [0, 0.1) is 11.8 Å². The third kappa shape index (κ3) is 4.71. The number of para-hydroxylation sites is 1. The van der Waals surface area contributed by atoms with Gasteiger partial charge < -0.3 is 15.5 Å². The van der Waals surface area contributed by atoms with E-state index in [1.54, 1.807) is 18.2 Å². The van der Waals surface area contributed by atoms with Gasteiger partial charge in [0.25, 0.3) is 0 Å². The summed E-state index contributed by atoms with van der Waals surface area (Å²) < 4.78 is 0. The van der Waals surface area contributed by atoms with Crippen LogP contribution in [-0.2, 0) is 9.59 Å². The maximum absolute atomic E-state index is 12.1. The smallest absolute Gasteiger partial charge is 0.228 e. The van der Waals surface area contributed by atoms with Crippen molar-refractivity contribution >= 4 is 29.1 Å². The van der Waals surface area contributed by atoms with Crippen LogP contribution >= 0.6 is 11.6 Å². The summed E-state index contributed by atoms with van der Waals surface area (Å²) in [5, 5.41) is 6.17. The number of nitrogens with one attached hydrogen (secondary N) is 2. The first-order chi connectivity index (χ1) is 10.5. The molecule has 1 aliphatic carbocycles. The van der Waals surface area contributed by atoms with Crippen molar-refractivity contribution in [2.45, 2.75) is 12.8 Å². The van der Waals surface area contributed by atoms with E-state index in [1.807, 2.05) is 20.2 Å². The van der Waals surface area contributed by atoms with Crippen LogP contribution in [0.25, 0.3) is 0 Å². The van der Waals surface area contributed by atoms with Gasteiger partial charge in [0, 0.05) is 6.54 Å². The van der Waals surface area contributed by atoms with Gasteiger partial charge in [0.1, 0.15) is 0 Å². The van der Waals surface area contributed by atoms with Gasteiger partial charge in [-0.1, -0.05) is 23.7 Å². The van der Waals surface area contributed by atoms with Crippen molar-refractivity contribution in [2.75, 3.05) is 32.5 Å². The quantitative estimate of drug-likeness (QED) is 0.754. The van der Waals surface area contributed by atoms with Crippen LogP contribution in [0.15, 0.2) is 24.3 Å². The summed E-state index contributed by atoms with van der Waals surface area (Å²) in [4.78, 5) is 26.1. The molecule has 1 aliphatic rings. The van der Waals surface area contributed by atoms with Crippen molar-refractivity contribution in [3.05, 3.63) is 29.3 Å². The topological polar surface area (TPSA) is 61.4 Å². The molecule has 2 amide bonds. The Morgan fingerprint density at radius 3 is 2.59 bits per heavy atom. The molecule has 2 atom stereocenters. The van der Waals surface area contributed by atoms with Crippen LogP contribution in [0.5, 0.6) is 0 Å². The van der Waals surface area contributed by atoms with Gasteiger partial charge in [-0.2, -0.15) is 0 Å². The monoisotopic (exact) mass is 323 g/mol. The van der Waals surface area contributed by atoms with Crippen LogP contribution in [0.1, 0.15) is 12.8 Å². The predicted octanol–water partition coefficient (Wildman–Crippen LogP) is 1.98. The number of hydrogen-bond donors (Lipinski definition) is 2. The van der Waals surface area contributed by atoms with Gasteiger partial charge >= 0.3 is 0 Å². The highest BCUT2D eigenvalue weighted by molar-refractivity contribution is 6.33. The molecule has 0 saturated heterocycles. The SMILES string of the molecule is CN(C)CCCNC(=O)C1CC1C(=O)Nc1ccccc1Cl. The third-order valence-electron chi connectivity index (χ3n) is 3.68. The predicted molar refractivity (Wildman–Crippen MR) is 87.9 cm³/mol. The first kappa shape index (κ1) is 16.8. The van der Waals surface area contributed by atoms with E-state index in [0.29, 0.717) is 23.7 Å². The van der Waals surface area contributed by atoms with Crippen LogP contribution in [0.4, 0.5) is 5.69 Å². The fourth-order valence-electron chi connectivity index (χ4n) is 2.30. The van der Waals surface area contributed by atoms with Crippen molar-refractivity contribution in [3.8, 4) is 0 Å². The minimum atomic E-state index is -0.245.